The van der Waals surface area contributed by atoms with Crippen LogP contribution in [-0.2, 0) is 14.3 Å². The van der Waals surface area contributed by atoms with Crippen LogP contribution in [-0.4, -0.2) is 30.0 Å². The maximum atomic E-state index is 12.4. The Hall–Kier alpha value is -2.57. The molecule has 0 aliphatic carbocycles. The number of oxazole rings is 1. The molecule has 1 fully saturated rings. The number of nitrogens with zero attached hydrogens (tertiary/aromatic N) is 2. The topological polar surface area (TPSA) is 72.6 Å². The number of esters is 1. The van der Waals surface area contributed by atoms with Crippen molar-refractivity contribution < 1.29 is 18.7 Å². The number of rotatable bonds is 4. The third-order valence-electron chi connectivity index (χ3n) is 4.59. The molecule has 28 heavy (non-hydrogen) atoms. The fraction of sp³-hybridized carbons (Fsp3) is 0.250. The van der Waals surface area contributed by atoms with Crippen LogP contribution in [0.15, 0.2) is 40.8 Å². The molecule has 3 aromatic rings. The Labute approximate surface area is 171 Å². The van der Waals surface area contributed by atoms with Gasteiger partial charge in [0.1, 0.15) is 5.52 Å². The van der Waals surface area contributed by atoms with Crippen molar-refractivity contribution >= 4 is 51.9 Å². The number of anilines is 1. The Bertz CT molecular complexity index is 1080. The van der Waals surface area contributed by atoms with Crippen molar-refractivity contribution in [2.75, 3.05) is 18.1 Å². The Morgan fingerprint density at radius 1 is 1.29 bits per heavy atom. The van der Waals surface area contributed by atoms with Gasteiger partial charge in [0.05, 0.1) is 23.1 Å². The standard InChI is InChI=1S/C20H16Cl2N2O4/c1-2-27-20(26)11-7-18(25)24(10-11)13-4-5-15(22)14(9-13)19-23-16-8-12(21)3-6-17(16)28-19/h3-6,8-9,11H,2,7,10H2,1H3/t11-/m0/s1. The number of benzene rings is 2. The Balaban J connectivity index is 1.67. The van der Waals surface area contributed by atoms with Crippen LogP contribution in [0.25, 0.3) is 22.6 Å². The summed E-state index contributed by atoms with van der Waals surface area (Å²) in [5, 5.41) is 0.995. The molecule has 144 valence electrons. The number of ether oxygens (including phenoxy) is 1. The maximum Gasteiger partial charge on any atom is 0.311 e. The lowest BCUT2D eigenvalue weighted by Crippen LogP contribution is -2.26. The van der Waals surface area contributed by atoms with Gasteiger partial charge in [-0.05, 0) is 43.3 Å². The van der Waals surface area contributed by atoms with Gasteiger partial charge in [0.2, 0.25) is 11.8 Å². The third kappa shape index (κ3) is 3.45. The molecular formula is C20H16Cl2N2O4. The highest BCUT2D eigenvalue weighted by Crippen LogP contribution is 2.35. The van der Waals surface area contributed by atoms with Gasteiger partial charge in [-0.15, -0.1) is 0 Å². The van der Waals surface area contributed by atoms with E-state index >= 15 is 0 Å². The first kappa shape index (κ1) is 18.8. The predicted octanol–water partition coefficient (Wildman–Crippen LogP) is 4.72. The van der Waals surface area contributed by atoms with Gasteiger partial charge < -0.3 is 14.1 Å². The largest absolute Gasteiger partial charge is 0.466 e. The van der Waals surface area contributed by atoms with Crippen molar-refractivity contribution in [1.29, 1.82) is 0 Å². The molecule has 6 nitrogen and oxygen atoms in total. The van der Waals surface area contributed by atoms with Crippen LogP contribution in [0.4, 0.5) is 5.69 Å². The van der Waals surface area contributed by atoms with E-state index in [0.717, 1.165) is 0 Å². The zero-order chi connectivity index (χ0) is 19.8. The fourth-order valence-electron chi connectivity index (χ4n) is 3.24. The molecule has 0 radical (unpaired) electrons. The van der Waals surface area contributed by atoms with Crippen LogP contribution >= 0.6 is 23.2 Å². The molecule has 2 aromatic carbocycles. The van der Waals surface area contributed by atoms with Crippen LogP contribution in [0, 0.1) is 5.92 Å². The van der Waals surface area contributed by atoms with Gasteiger partial charge in [0, 0.05) is 23.7 Å². The van der Waals surface area contributed by atoms with Crippen LogP contribution in [0.2, 0.25) is 10.0 Å². The second kappa shape index (κ2) is 7.45. The number of halogens is 2. The first-order valence-corrected chi connectivity index (χ1v) is 9.55. The molecule has 1 amide bonds. The van der Waals surface area contributed by atoms with E-state index in [-0.39, 0.29) is 31.4 Å². The van der Waals surface area contributed by atoms with E-state index in [1.54, 1.807) is 48.2 Å². The second-order valence-corrected chi connectivity index (χ2v) is 7.30. The Morgan fingerprint density at radius 2 is 2.11 bits per heavy atom. The molecule has 0 N–H and O–H groups in total. The van der Waals surface area contributed by atoms with Crippen molar-refractivity contribution in [1.82, 2.24) is 4.98 Å². The number of amides is 1. The van der Waals surface area contributed by atoms with Crippen molar-refractivity contribution in [2.45, 2.75) is 13.3 Å². The molecule has 8 heteroatoms. The number of fused-ring (bicyclic) bond motifs is 1. The van der Waals surface area contributed by atoms with E-state index in [9.17, 15) is 9.59 Å². The lowest BCUT2D eigenvalue weighted by Gasteiger charge is -2.17. The lowest BCUT2D eigenvalue weighted by molar-refractivity contribution is -0.147. The second-order valence-electron chi connectivity index (χ2n) is 6.45. The molecule has 0 bridgehead atoms. The lowest BCUT2D eigenvalue weighted by atomic mass is 10.1. The summed E-state index contributed by atoms with van der Waals surface area (Å²) < 4.78 is 10.8. The molecule has 0 unspecified atom stereocenters. The third-order valence-corrected chi connectivity index (χ3v) is 5.15. The SMILES string of the molecule is CCOC(=O)[C@H]1CC(=O)N(c2ccc(Cl)c(-c3nc4cc(Cl)ccc4o3)c2)C1. The van der Waals surface area contributed by atoms with Gasteiger partial charge in [-0.3, -0.25) is 9.59 Å². The maximum absolute atomic E-state index is 12.4. The van der Waals surface area contributed by atoms with Crippen LogP contribution in [0.5, 0.6) is 0 Å². The summed E-state index contributed by atoms with van der Waals surface area (Å²) in [4.78, 5) is 30.4. The Morgan fingerprint density at radius 3 is 2.89 bits per heavy atom. The Kier molecular flexibility index (Phi) is 5.00. The average molecular weight is 419 g/mol. The molecule has 1 aliphatic rings. The number of hydrogen-bond donors (Lipinski definition) is 0. The molecule has 4 rings (SSSR count). The highest BCUT2D eigenvalue weighted by Gasteiger charge is 2.36. The smallest absolute Gasteiger partial charge is 0.311 e. The van der Waals surface area contributed by atoms with Crippen molar-refractivity contribution in [3.05, 3.63) is 46.4 Å². The minimum Gasteiger partial charge on any atom is -0.466 e. The van der Waals surface area contributed by atoms with Gasteiger partial charge in [-0.25, -0.2) is 4.98 Å². The first-order chi connectivity index (χ1) is 13.5. The van der Waals surface area contributed by atoms with Gasteiger partial charge >= 0.3 is 5.97 Å². The number of aromatic nitrogens is 1. The summed E-state index contributed by atoms with van der Waals surface area (Å²) in [5.74, 6) is -0.644. The molecule has 1 atom stereocenters. The summed E-state index contributed by atoms with van der Waals surface area (Å²) in [7, 11) is 0. The molecular weight excluding hydrogens is 403 g/mol. The highest BCUT2D eigenvalue weighted by atomic mass is 35.5. The van der Waals surface area contributed by atoms with Crippen molar-refractivity contribution in [3.8, 4) is 11.5 Å². The molecule has 1 saturated heterocycles. The molecule has 1 aromatic heterocycles. The minimum atomic E-state index is -0.474. The van der Waals surface area contributed by atoms with Crippen molar-refractivity contribution in [3.63, 3.8) is 0 Å². The summed E-state index contributed by atoms with van der Waals surface area (Å²) in [6.07, 6.45) is 0.123. The summed E-state index contributed by atoms with van der Waals surface area (Å²) in [6.45, 7) is 2.30. The van der Waals surface area contributed by atoms with E-state index < -0.39 is 5.92 Å². The monoisotopic (exact) mass is 418 g/mol. The molecule has 0 saturated carbocycles. The van der Waals surface area contributed by atoms with Crippen LogP contribution in [0.3, 0.4) is 0 Å². The summed E-state index contributed by atoms with van der Waals surface area (Å²) >= 11 is 12.4. The van der Waals surface area contributed by atoms with Crippen LogP contribution in [0.1, 0.15) is 13.3 Å². The molecule has 0 spiro atoms. The van der Waals surface area contributed by atoms with Crippen molar-refractivity contribution in [2.24, 2.45) is 5.92 Å². The van der Waals surface area contributed by atoms with Crippen LogP contribution < -0.4 is 4.90 Å². The highest BCUT2D eigenvalue weighted by molar-refractivity contribution is 6.33. The number of carbonyl (C=O) groups excluding carboxylic acids is 2. The van der Waals surface area contributed by atoms with Gasteiger partial charge in [0.25, 0.3) is 0 Å². The first-order valence-electron chi connectivity index (χ1n) is 8.79. The average Bonchev–Trinajstić information content (AvgIpc) is 3.25. The van der Waals surface area contributed by atoms with E-state index in [1.807, 2.05) is 0 Å². The van der Waals surface area contributed by atoms with E-state index in [0.29, 0.717) is 38.3 Å². The van der Waals surface area contributed by atoms with E-state index in [1.165, 1.54) is 0 Å². The molecule has 2 heterocycles. The normalized spacial score (nSPS) is 16.8. The van der Waals surface area contributed by atoms with E-state index in [4.69, 9.17) is 32.4 Å². The fourth-order valence-corrected chi connectivity index (χ4v) is 3.60. The summed E-state index contributed by atoms with van der Waals surface area (Å²) in [6, 6.07) is 10.3. The van der Waals surface area contributed by atoms with Gasteiger partial charge in [0.15, 0.2) is 5.58 Å². The predicted molar refractivity (Wildman–Crippen MR) is 107 cm³/mol. The van der Waals surface area contributed by atoms with Gasteiger partial charge in [-0.2, -0.15) is 0 Å². The summed E-state index contributed by atoms with van der Waals surface area (Å²) in [5.41, 5.74) is 2.37. The van der Waals surface area contributed by atoms with Gasteiger partial charge in [-0.1, -0.05) is 23.2 Å². The zero-order valence-corrected chi connectivity index (χ0v) is 16.5. The number of carbonyl (C=O) groups is 2. The van der Waals surface area contributed by atoms with E-state index in [2.05, 4.69) is 4.98 Å². The molecule has 1 aliphatic heterocycles. The number of hydrogen-bond acceptors (Lipinski definition) is 5. The zero-order valence-electron chi connectivity index (χ0n) is 14.9. The quantitative estimate of drug-likeness (QED) is 0.573. The minimum absolute atomic E-state index is 0.123.